The van der Waals surface area contributed by atoms with Gasteiger partial charge in [-0.2, -0.15) is 10.5 Å². The van der Waals surface area contributed by atoms with E-state index in [1.54, 1.807) is 0 Å². The average molecular weight is 246 g/mol. The van der Waals surface area contributed by atoms with Gasteiger partial charge in [0.25, 0.3) is 0 Å². The lowest BCUT2D eigenvalue weighted by atomic mass is 10.2. The highest BCUT2D eigenvalue weighted by atomic mass is 15.3. The van der Waals surface area contributed by atoms with E-state index in [-0.39, 0.29) is 0 Å². The molecule has 1 heterocycles. The molecule has 0 aromatic heterocycles. The third kappa shape index (κ3) is 5.20. The van der Waals surface area contributed by atoms with Gasteiger partial charge < -0.3 is 11.5 Å². The van der Waals surface area contributed by atoms with E-state index in [0.29, 0.717) is 0 Å². The Morgan fingerprint density at radius 2 is 1.39 bits per heavy atom. The Morgan fingerprint density at radius 3 is 1.78 bits per heavy atom. The van der Waals surface area contributed by atoms with Gasteiger partial charge in [0.2, 0.25) is 0 Å². The zero-order valence-electron chi connectivity index (χ0n) is 10.7. The van der Waals surface area contributed by atoms with Crippen LogP contribution in [-0.2, 0) is 0 Å². The van der Waals surface area contributed by atoms with Crippen molar-refractivity contribution in [3.63, 3.8) is 0 Å². The molecule has 0 amide bonds. The lowest BCUT2D eigenvalue weighted by Gasteiger charge is -2.28. The Balaban J connectivity index is 0.000000414. The van der Waals surface area contributed by atoms with Crippen molar-refractivity contribution in [1.29, 1.82) is 10.5 Å². The molecule has 0 bridgehead atoms. The second-order valence-corrected chi connectivity index (χ2v) is 4.14. The fraction of sp³-hybridized carbons (Fsp3) is 0.385. The average Bonchev–Trinajstić information content (AvgIpc) is 2.81. The molecule has 0 atom stereocenters. The van der Waals surface area contributed by atoms with Gasteiger partial charge in [0, 0.05) is 12.8 Å². The van der Waals surface area contributed by atoms with E-state index in [0.717, 1.165) is 4.48 Å². The van der Waals surface area contributed by atoms with Crippen LogP contribution in [0.4, 0.5) is 5.69 Å². The summed E-state index contributed by atoms with van der Waals surface area (Å²) in [6.45, 7) is 2.62. The first-order valence-electron chi connectivity index (χ1n) is 5.74. The van der Waals surface area contributed by atoms with Crippen LogP contribution in [0.1, 0.15) is 12.8 Å². The monoisotopic (exact) mass is 246 g/mol. The van der Waals surface area contributed by atoms with Crippen LogP contribution in [0.25, 0.3) is 0 Å². The number of likely N-dealkylation sites (tertiary alicyclic amines) is 1. The fourth-order valence-electron chi connectivity index (χ4n) is 2.08. The van der Waals surface area contributed by atoms with Crippen molar-refractivity contribution in [3.05, 3.63) is 30.3 Å². The van der Waals surface area contributed by atoms with Crippen LogP contribution in [0.3, 0.4) is 0 Å². The maximum Gasteiger partial charge on any atom is 0.173 e. The number of rotatable bonds is 1. The highest BCUT2D eigenvalue weighted by Gasteiger charge is 2.28. The maximum atomic E-state index is 7.10. The molecule has 0 radical (unpaired) electrons. The number of hydrogen-bond acceptors (Lipinski definition) is 4. The molecule has 1 fully saturated rings. The van der Waals surface area contributed by atoms with Gasteiger partial charge in [0.1, 0.15) is 5.69 Å². The van der Waals surface area contributed by atoms with Crippen molar-refractivity contribution < 1.29 is 0 Å². The van der Waals surface area contributed by atoms with Gasteiger partial charge in [0.15, 0.2) is 12.4 Å². The van der Waals surface area contributed by atoms with Gasteiger partial charge in [-0.25, -0.2) is 0 Å². The highest BCUT2D eigenvalue weighted by molar-refractivity contribution is 5.42. The van der Waals surface area contributed by atoms with E-state index in [9.17, 15) is 0 Å². The Bertz CT molecular complexity index is 384. The number of quaternary nitrogens is 1. The first-order valence-corrected chi connectivity index (χ1v) is 5.74. The zero-order valence-corrected chi connectivity index (χ0v) is 10.7. The van der Waals surface area contributed by atoms with Gasteiger partial charge in [0.05, 0.1) is 20.1 Å². The van der Waals surface area contributed by atoms with Gasteiger partial charge >= 0.3 is 0 Å². The van der Waals surface area contributed by atoms with E-state index < -0.39 is 0 Å². The summed E-state index contributed by atoms with van der Waals surface area (Å²) >= 11 is 0. The van der Waals surface area contributed by atoms with E-state index in [1.165, 1.54) is 44.0 Å². The molecule has 0 saturated carbocycles. The minimum atomic E-state index is 1.14. The third-order valence-corrected chi connectivity index (χ3v) is 2.93. The van der Waals surface area contributed by atoms with Gasteiger partial charge in [-0.15, -0.1) is 0 Å². The van der Waals surface area contributed by atoms with Crippen LogP contribution in [0.2, 0.25) is 0 Å². The summed E-state index contributed by atoms with van der Waals surface area (Å²) in [5.41, 5.74) is 9.77. The summed E-state index contributed by atoms with van der Waals surface area (Å²) in [6.07, 6.45) is 5.26. The van der Waals surface area contributed by atoms with E-state index >= 15 is 0 Å². The number of hydrogen-bond donors (Lipinski definition) is 2. The highest BCUT2D eigenvalue weighted by Crippen LogP contribution is 2.26. The molecule has 4 N–H and O–H groups in total. The molecule has 2 rings (SSSR count). The molecule has 1 aliphatic rings. The number of para-hydroxylation sites is 1. The largest absolute Gasteiger partial charge is 0.337 e. The predicted octanol–water partition coefficient (Wildman–Crippen LogP) is 1.27. The lowest BCUT2D eigenvalue weighted by Crippen LogP contribution is -2.41. The van der Waals surface area contributed by atoms with Crippen molar-refractivity contribution >= 4 is 5.69 Å². The number of nitriles is 2. The summed E-state index contributed by atoms with van der Waals surface area (Å²) in [4.78, 5) is 0. The molecule has 1 aliphatic heterocycles. The molecule has 1 aromatic carbocycles. The van der Waals surface area contributed by atoms with Crippen LogP contribution in [-0.4, -0.2) is 20.1 Å². The molecule has 1 aromatic rings. The van der Waals surface area contributed by atoms with Crippen LogP contribution < -0.4 is 16.0 Å². The third-order valence-electron chi connectivity index (χ3n) is 2.93. The van der Waals surface area contributed by atoms with Crippen LogP contribution in [0, 0.1) is 22.9 Å². The number of nitrogens with zero attached hydrogens (tertiary/aromatic N) is 3. The first kappa shape index (κ1) is 15.8. The summed E-state index contributed by atoms with van der Waals surface area (Å²) in [7, 11) is 2.34. The van der Waals surface area contributed by atoms with Crippen LogP contribution >= 0.6 is 0 Å². The van der Waals surface area contributed by atoms with E-state index in [2.05, 4.69) is 48.8 Å². The predicted molar refractivity (Wildman–Crippen MR) is 72.7 cm³/mol. The fourth-order valence-corrected chi connectivity index (χ4v) is 2.08. The quantitative estimate of drug-likeness (QED) is 0.442. The molecular formula is C13H20N5+. The van der Waals surface area contributed by atoms with Gasteiger partial charge in [-0.05, 0) is 12.1 Å². The van der Waals surface area contributed by atoms with Crippen molar-refractivity contribution in [2.45, 2.75) is 12.8 Å². The van der Waals surface area contributed by atoms with Gasteiger partial charge in [-0.3, -0.25) is 4.48 Å². The first-order chi connectivity index (χ1) is 8.64. The summed E-state index contributed by atoms with van der Waals surface area (Å²) in [5, 5.41) is 14.2. The molecule has 0 aliphatic carbocycles. The SMILES string of the molecule is C[N+]1(c2ccccc2)CCCC1.N#CN.N#CN. The smallest absolute Gasteiger partial charge is 0.173 e. The zero-order chi connectivity index (χ0) is 13.9. The second-order valence-electron chi connectivity index (χ2n) is 4.14. The standard InChI is InChI=1S/C11H16N.2CH2N2/c1-12(9-5-6-10-12)11-7-3-2-4-8-11;2*2-1-3/h2-4,7-8H,5-6,9-10H2,1H3;2*2H2/q+1;;. The van der Waals surface area contributed by atoms with Gasteiger partial charge in [-0.1, -0.05) is 18.2 Å². The molecule has 5 heteroatoms. The lowest BCUT2D eigenvalue weighted by molar-refractivity contribution is 0.406. The van der Waals surface area contributed by atoms with Crippen molar-refractivity contribution in [3.8, 4) is 12.4 Å². The van der Waals surface area contributed by atoms with E-state index in [1.807, 2.05) is 0 Å². The summed E-state index contributed by atoms with van der Waals surface area (Å²) in [6, 6.07) is 10.8. The van der Waals surface area contributed by atoms with Crippen molar-refractivity contribution in [2.24, 2.45) is 11.5 Å². The molecule has 18 heavy (non-hydrogen) atoms. The number of benzene rings is 1. The van der Waals surface area contributed by atoms with Crippen LogP contribution in [0.5, 0.6) is 0 Å². The summed E-state index contributed by atoms with van der Waals surface area (Å²) in [5.74, 6) is 0. The normalized spacial score (nSPS) is 14.8. The molecule has 5 nitrogen and oxygen atoms in total. The Kier molecular flexibility index (Phi) is 7.76. The maximum absolute atomic E-state index is 7.10. The Hall–Kier alpha value is -2.24. The molecular weight excluding hydrogens is 226 g/mol. The van der Waals surface area contributed by atoms with E-state index in [4.69, 9.17) is 10.5 Å². The minimum Gasteiger partial charge on any atom is -0.337 e. The molecule has 0 spiro atoms. The Morgan fingerprint density at radius 1 is 1.00 bits per heavy atom. The number of nitrogens with two attached hydrogens (primary N) is 2. The Labute approximate surface area is 108 Å². The summed E-state index contributed by atoms with van der Waals surface area (Å²) < 4.78 is 1.14. The molecule has 96 valence electrons. The molecule has 0 unspecified atom stereocenters. The minimum absolute atomic E-state index is 1.14. The second kappa shape index (κ2) is 8.86. The molecule has 1 saturated heterocycles. The topological polar surface area (TPSA) is 99.6 Å². The van der Waals surface area contributed by atoms with Crippen molar-refractivity contribution in [1.82, 2.24) is 4.48 Å². The van der Waals surface area contributed by atoms with Crippen molar-refractivity contribution in [2.75, 3.05) is 20.1 Å². The van der Waals surface area contributed by atoms with Crippen LogP contribution in [0.15, 0.2) is 30.3 Å².